The predicted octanol–water partition coefficient (Wildman–Crippen LogP) is 0.126. The van der Waals surface area contributed by atoms with Crippen LogP contribution in [-0.2, 0) is 17.7 Å². The van der Waals surface area contributed by atoms with E-state index in [4.69, 9.17) is 10.5 Å². The molecular weight excluding hydrogens is 414 g/mol. The Balaban J connectivity index is 1.43. The van der Waals surface area contributed by atoms with E-state index in [1.807, 2.05) is 29.1 Å². The SMILES string of the molecule is Nc1nc(-c2cnn(CCc3ccccc3)c2)nc2c1ncn2C1OC(CO)[C@@H](O)[C@H]1O. The predicted molar refractivity (Wildman–Crippen MR) is 114 cm³/mol. The second-order valence-corrected chi connectivity index (χ2v) is 7.71. The second-order valence-electron chi connectivity index (χ2n) is 7.71. The number of aliphatic hydroxyl groups excluding tert-OH is 3. The van der Waals surface area contributed by atoms with Gasteiger partial charge in [0.05, 0.1) is 24.7 Å². The topological polar surface area (TPSA) is 157 Å². The minimum atomic E-state index is -1.26. The van der Waals surface area contributed by atoms with Gasteiger partial charge in [-0.25, -0.2) is 15.0 Å². The van der Waals surface area contributed by atoms with Crippen LogP contribution in [0, 0.1) is 0 Å². The quantitative estimate of drug-likeness (QED) is 0.329. The maximum Gasteiger partial charge on any atom is 0.168 e. The summed E-state index contributed by atoms with van der Waals surface area (Å²) >= 11 is 0. The third kappa shape index (κ3) is 3.60. The number of nitrogens with two attached hydrogens (primary N) is 1. The maximum atomic E-state index is 10.4. The molecule has 2 unspecified atom stereocenters. The van der Waals surface area contributed by atoms with Gasteiger partial charge >= 0.3 is 0 Å². The number of ether oxygens (including phenoxy) is 1. The van der Waals surface area contributed by atoms with E-state index >= 15 is 0 Å². The Labute approximate surface area is 182 Å². The van der Waals surface area contributed by atoms with Gasteiger partial charge in [-0.15, -0.1) is 0 Å². The van der Waals surface area contributed by atoms with Crippen LogP contribution in [0.5, 0.6) is 0 Å². The molecule has 0 spiro atoms. The van der Waals surface area contributed by atoms with Crippen molar-refractivity contribution < 1.29 is 20.1 Å². The van der Waals surface area contributed by atoms with Gasteiger partial charge in [-0.1, -0.05) is 30.3 Å². The highest BCUT2D eigenvalue weighted by Gasteiger charge is 2.44. The Morgan fingerprint density at radius 3 is 2.66 bits per heavy atom. The van der Waals surface area contributed by atoms with E-state index in [9.17, 15) is 15.3 Å². The van der Waals surface area contributed by atoms with Crippen molar-refractivity contribution in [3.8, 4) is 11.4 Å². The van der Waals surface area contributed by atoms with Crippen LogP contribution in [0.2, 0.25) is 0 Å². The number of imidazole rings is 1. The van der Waals surface area contributed by atoms with Gasteiger partial charge in [0.1, 0.15) is 23.8 Å². The molecule has 0 radical (unpaired) electrons. The molecular formula is C21H23N7O4. The van der Waals surface area contributed by atoms with Crippen LogP contribution >= 0.6 is 0 Å². The van der Waals surface area contributed by atoms with Gasteiger partial charge < -0.3 is 25.8 Å². The van der Waals surface area contributed by atoms with Crippen molar-refractivity contribution >= 4 is 17.0 Å². The molecule has 1 fully saturated rings. The molecule has 5 N–H and O–H groups in total. The summed E-state index contributed by atoms with van der Waals surface area (Å²) in [5, 5.41) is 34.2. The zero-order chi connectivity index (χ0) is 22.2. The summed E-state index contributed by atoms with van der Waals surface area (Å²) in [5.74, 6) is 0.530. The van der Waals surface area contributed by atoms with Gasteiger partial charge in [0.2, 0.25) is 0 Å². The van der Waals surface area contributed by atoms with Crippen LogP contribution in [-0.4, -0.2) is 69.5 Å². The molecule has 11 heteroatoms. The highest BCUT2D eigenvalue weighted by molar-refractivity contribution is 5.83. The molecule has 0 saturated carbocycles. The molecule has 3 aromatic heterocycles. The molecule has 1 saturated heterocycles. The zero-order valence-electron chi connectivity index (χ0n) is 17.1. The number of anilines is 1. The van der Waals surface area contributed by atoms with Gasteiger partial charge in [0.25, 0.3) is 0 Å². The lowest BCUT2D eigenvalue weighted by Crippen LogP contribution is -2.33. The molecule has 0 aliphatic carbocycles. The Hall–Kier alpha value is -3.38. The summed E-state index contributed by atoms with van der Waals surface area (Å²) in [4.78, 5) is 13.2. The monoisotopic (exact) mass is 437 g/mol. The highest BCUT2D eigenvalue weighted by Crippen LogP contribution is 2.32. The minimum absolute atomic E-state index is 0.174. The van der Waals surface area contributed by atoms with Gasteiger partial charge in [-0.2, -0.15) is 5.10 Å². The number of rotatable bonds is 6. The van der Waals surface area contributed by atoms with E-state index in [0.717, 1.165) is 6.42 Å². The van der Waals surface area contributed by atoms with Crippen LogP contribution in [0.25, 0.3) is 22.6 Å². The molecule has 11 nitrogen and oxygen atoms in total. The van der Waals surface area contributed by atoms with Crippen LogP contribution in [0.4, 0.5) is 5.82 Å². The molecule has 1 aliphatic heterocycles. The first-order chi connectivity index (χ1) is 15.5. The van der Waals surface area contributed by atoms with Crippen LogP contribution in [0.1, 0.15) is 11.8 Å². The highest BCUT2D eigenvalue weighted by atomic mass is 16.6. The smallest absolute Gasteiger partial charge is 0.168 e. The number of aryl methyl sites for hydroxylation is 2. The van der Waals surface area contributed by atoms with Gasteiger partial charge in [-0.05, 0) is 12.0 Å². The summed E-state index contributed by atoms with van der Waals surface area (Å²) in [7, 11) is 0. The van der Waals surface area contributed by atoms with Crippen LogP contribution in [0.3, 0.4) is 0 Å². The van der Waals surface area contributed by atoms with Gasteiger partial charge in [0.15, 0.2) is 23.5 Å². The summed E-state index contributed by atoms with van der Waals surface area (Å²) in [6.45, 7) is 0.272. The number of hydrogen-bond donors (Lipinski definition) is 4. The van der Waals surface area contributed by atoms with Crippen molar-refractivity contribution in [1.29, 1.82) is 0 Å². The molecule has 1 aromatic carbocycles. The number of hydrogen-bond acceptors (Lipinski definition) is 9. The van der Waals surface area contributed by atoms with E-state index in [1.165, 1.54) is 16.5 Å². The Morgan fingerprint density at radius 2 is 1.91 bits per heavy atom. The van der Waals surface area contributed by atoms with Crippen LogP contribution in [0.15, 0.2) is 49.1 Å². The van der Waals surface area contributed by atoms with Crippen molar-refractivity contribution in [2.45, 2.75) is 37.5 Å². The third-order valence-corrected chi connectivity index (χ3v) is 5.60. The molecule has 5 rings (SSSR count). The van der Waals surface area contributed by atoms with Crippen molar-refractivity contribution in [2.75, 3.05) is 12.3 Å². The number of nitrogens with zero attached hydrogens (tertiary/aromatic N) is 6. The number of aromatic nitrogens is 6. The Bertz CT molecular complexity index is 1230. The number of fused-ring (bicyclic) bond motifs is 1. The fourth-order valence-corrected chi connectivity index (χ4v) is 3.85. The van der Waals surface area contributed by atoms with Crippen LogP contribution < -0.4 is 5.73 Å². The normalized spacial score (nSPS) is 23.2. The molecule has 1 aliphatic rings. The molecule has 4 aromatic rings. The zero-order valence-corrected chi connectivity index (χ0v) is 17.1. The van der Waals surface area contributed by atoms with Gasteiger partial charge in [-0.3, -0.25) is 9.25 Å². The third-order valence-electron chi connectivity index (χ3n) is 5.60. The summed E-state index contributed by atoms with van der Waals surface area (Å²) in [5.41, 5.74) is 8.71. The van der Waals surface area contributed by atoms with E-state index in [0.29, 0.717) is 29.1 Å². The standard InChI is InChI=1S/C21H23N7O4/c22-18-15-20(28(11-23-15)21-17(31)16(30)14(10-29)32-21)26-19(25-18)13-8-24-27(9-13)7-6-12-4-2-1-3-5-12/h1-5,8-9,11,14,16-17,21,29-31H,6-7,10H2,(H2,22,25,26)/t14?,16-,17-,21?/m1/s1. The van der Waals surface area contributed by atoms with E-state index in [1.54, 1.807) is 6.20 Å². The molecule has 4 heterocycles. The lowest BCUT2D eigenvalue weighted by molar-refractivity contribution is -0.0511. The number of nitrogen functional groups attached to an aromatic ring is 1. The largest absolute Gasteiger partial charge is 0.394 e. The molecule has 32 heavy (non-hydrogen) atoms. The summed E-state index contributed by atoms with van der Waals surface area (Å²) in [6.07, 6.45) is 1.39. The number of benzene rings is 1. The lowest BCUT2D eigenvalue weighted by Gasteiger charge is -2.16. The fraction of sp³-hybridized carbons (Fsp3) is 0.333. The van der Waals surface area contributed by atoms with E-state index in [2.05, 4.69) is 32.2 Å². The fourth-order valence-electron chi connectivity index (χ4n) is 3.85. The first-order valence-corrected chi connectivity index (χ1v) is 10.2. The van der Waals surface area contributed by atoms with Crippen molar-refractivity contribution in [2.24, 2.45) is 0 Å². The van der Waals surface area contributed by atoms with E-state index in [-0.39, 0.29) is 5.82 Å². The maximum absolute atomic E-state index is 10.4. The van der Waals surface area contributed by atoms with E-state index < -0.39 is 31.1 Å². The molecule has 0 bridgehead atoms. The first kappa shape index (κ1) is 20.5. The lowest BCUT2D eigenvalue weighted by atomic mass is 10.1. The summed E-state index contributed by atoms with van der Waals surface area (Å²) in [6, 6.07) is 10.1. The first-order valence-electron chi connectivity index (χ1n) is 10.2. The molecule has 4 atom stereocenters. The minimum Gasteiger partial charge on any atom is -0.394 e. The molecule has 0 amide bonds. The van der Waals surface area contributed by atoms with Gasteiger partial charge in [0, 0.05) is 12.7 Å². The van der Waals surface area contributed by atoms with Crippen molar-refractivity contribution in [1.82, 2.24) is 29.3 Å². The average molecular weight is 437 g/mol. The molecule has 166 valence electrons. The van der Waals surface area contributed by atoms with Crippen molar-refractivity contribution in [3.63, 3.8) is 0 Å². The summed E-state index contributed by atoms with van der Waals surface area (Å²) < 4.78 is 8.91. The second kappa shape index (κ2) is 8.28. The Morgan fingerprint density at radius 1 is 1.09 bits per heavy atom. The number of aliphatic hydroxyl groups is 3. The van der Waals surface area contributed by atoms with Crippen molar-refractivity contribution in [3.05, 3.63) is 54.6 Å². The average Bonchev–Trinajstić information content (AvgIpc) is 3.52. The Kier molecular flexibility index (Phi) is 5.31.